The summed E-state index contributed by atoms with van der Waals surface area (Å²) in [6.07, 6.45) is -0.617. The van der Waals surface area contributed by atoms with E-state index in [4.69, 9.17) is 16.3 Å². The van der Waals surface area contributed by atoms with Crippen LogP contribution in [0.2, 0.25) is 5.02 Å². The zero-order valence-corrected chi connectivity index (χ0v) is 15.2. The highest BCUT2D eigenvalue weighted by Crippen LogP contribution is 2.18. The Morgan fingerprint density at radius 2 is 1.88 bits per heavy atom. The molecule has 0 spiro atoms. The minimum absolute atomic E-state index is 0.137. The van der Waals surface area contributed by atoms with E-state index in [1.807, 2.05) is 6.07 Å². The van der Waals surface area contributed by atoms with E-state index in [1.54, 1.807) is 49.4 Å². The number of amides is 2. The highest BCUT2D eigenvalue weighted by molar-refractivity contribution is 9.10. The van der Waals surface area contributed by atoms with Crippen molar-refractivity contribution in [3.8, 4) is 5.75 Å². The monoisotopic (exact) mass is 410 g/mol. The number of carbonyl (C=O) groups is 2. The van der Waals surface area contributed by atoms with Crippen LogP contribution in [0.1, 0.15) is 12.5 Å². The molecular formula is C17H16BrClN2O3. The molecule has 5 nitrogen and oxygen atoms in total. The third-order valence-corrected chi connectivity index (χ3v) is 3.83. The van der Waals surface area contributed by atoms with Crippen molar-refractivity contribution in [2.45, 2.75) is 19.4 Å². The van der Waals surface area contributed by atoms with Gasteiger partial charge in [-0.15, -0.1) is 0 Å². The summed E-state index contributed by atoms with van der Waals surface area (Å²) in [4.78, 5) is 23.8. The molecule has 0 saturated carbocycles. The number of hydrogen-bond acceptors (Lipinski definition) is 3. The standard InChI is InChI=1S/C17H16BrClN2O3/c1-11(24-15-4-2-3-13(18)10-15)17(23)21-20-16(22)9-12-5-7-14(19)8-6-12/h2-8,10-11H,9H2,1H3,(H,20,22)(H,21,23). The molecule has 0 bridgehead atoms. The normalized spacial score (nSPS) is 11.5. The summed E-state index contributed by atoms with van der Waals surface area (Å²) >= 11 is 9.12. The summed E-state index contributed by atoms with van der Waals surface area (Å²) in [5.41, 5.74) is 5.51. The summed E-state index contributed by atoms with van der Waals surface area (Å²) in [6, 6.07) is 14.1. The SMILES string of the molecule is CC(Oc1cccc(Br)c1)C(=O)NNC(=O)Cc1ccc(Cl)cc1. The summed E-state index contributed by atoms with van der Waals surface area (Å²) < 4.78 is 6.36. The van der Waals surface area contributed by atoms with Crippen LogP contribution >= 0.6 is 27.5 Å². The Balaban J connectivity index is 1.79. The van der Waals surface area contributed by atoms with Crippen molar-refractivity contribution in [1.82, 2.24) is 10.9 Å². The molecule has 1 unspecified atom stereocenters. The molecule has 1 atom stereocenters. The van der Waals surface area contributed by atoms with E-state index in [0.29, 0.717) is 10.8 Å². The fraction of sp³-hybridized carbons (Fsp3) is 0.176. The molecule has 0 aliphatic rings. The van der Waals surface area contributed by atoms with Gasteiger partial charge in [0, 0.05) is 9.50 Å². The van der Waals surface area contributed by atoms with Crippen molar-refractivity contribution in [2.24, 2.45) is 0 Å². The number of halogens is 2. The maximum absolute atomic E-state index is 12.0. The van der Waals surface area contributed by atoms with E-state index in [2.05, 4.69) is 26.8 Å². The molecule has 7 heteroatoms. The lowest BCUT2D eigenvalue weighted by molar-refractivity contribution is -0.132. The third kappa shape index (κ3) is 5.86. The van der Waals surface area contributed by atoms with E-state index >= 15 is 0 Å². The van der Waals surface area contributed by atoms with Crippen LogP contribution in [0.4, 0.5) is 0 Å². The molecular weight excluding hydrogens is 396 g/mol. The van der Waals surface area contributed by atoms with Crippen LogP contribution < -0.4 is 15.6 Å². The highest BCUT2D eigenvalue weighted by Gasteiger charge is 2.15. The third-order valence-electron chi connectivity index (χ3n) is 3.08. The number of ether oxygens (including phenoxy) is 1. The van der Waals surface area contributed by atoms with Gasteiger partial charge in [-0.3, -0.25) is 20.4 Å². The predicted molar refractivity (Wildman–Crippen MR) is 95.7 cm³/mol. The van der Waals surface area contributed by atoms with Gasteiger partial charge in [0.05, 0.1) is 6.42 Å². The number of carbonyl (C=O) groups excluding carboxylic acids is 2. The fourth-order valence-electron chi connectivity index (χ4n) is 1.86. The summed E-state index contributed by atoms with van der Waals surface area (Å²) in [7, 11) is 0. The molecule has 126 valence electrons. The molecule has 2 rings (SSSR count). The zero-order valence-electron chi connectivity index (χ0n) is 12.9. The molecule has 2 N–H and O–H groups in total. The first kappa shape index (κ1) is 18.3. The van der Waals surface area contributed by atoms with Crippen molar-refractivity contribution < 1.29 is 14.3 Å². The molecule has 2 aromatic rings. The van der Waals surface area contributed by atoms with Gasteiger partial charge in [0.25, 0.3) is 5.91 Å². The maximum atomic E-state index is 12.0. The van der Waals surface area contributed by atoms with Crippen LogP contribution in [-0.2, 0) is 16.0 Å². The van der Waals surface area contributed by atoms with Crippen LogP contribution in [0.25, 0.3) is 0 Å². The zero-order chi connectivity index (χ0) is 17.5. The van der Waals surface area contributed by atoms with Crippen LogP contribution in [0.5, 0.6) is 5.75 Å². The van der Waals surface area contributed by atoms with Gasteiger partial charge in [-0.1, -0.05) is 45.7 Å². The van der Waals surface area contributed by atoms with Crippen molar-refractivity contribution >= 4 is 39.3 Å². The second kappa shape index (κ2) is 8.70. The Morgan fingerprint density at radius 1 is 1.17 bits per heavy atom. The Morgan fingerprint density at radius 3 is 2.54 bits per heavy atom. The van der Waals surface area contributed by atoms with Gasteiger partial charge in [0.2, 0.25) is 5.91 Å². The van der Waals surface area contributed by atoms with Gasteiger partial charge in [0.1, 0.15) is 5.75 Å². The number of benzene rings is 2. The van der Waals surface area contributed by atoms with Crippen LogP contribution in [0.3, 0.4) is 0 Å². The van der Waals surface area contributed by atoms with Crippen molar-refractivity contribution in [3.05, 3.63) is 63.6 Å². The smallest absolute Gasteiger partial charge is 0.279 e. The number of hydrazine groups is 1. The van der Waals surface area contributed by atoms with Crippen LogP contribution in [0.15, 0.2) is 53.0 Å². The lowest BCUT2D eigenvalue weighted by Gasteiger charge is -2.15. The fourth-order valence-corrected chi connectivity index (χ4v) is 2.37. The van der Waals surface area contributed by atoms with E-state index < -0.39 is 12.0 Å². The molecule has 2 aromatic carbocycles. The molecule has 0 aromatic heterocycles. The quantitative estimate of drug-likeness (QED) is 0.742. The lowest BCUT2D eigenvalue weighted by atomic mass is 10.1. The van der Waals surface area contributed by atoms with Gasteiger partial charge >= 0.3 is 0 Å². The summed E-state index contributed by atoms with van der Waals surface area (Å²) in [5, 5.41) is 0.603. The molecule has 0 radical (unpaired) electrons. The number of hydrogen-bond donors (Lipinski definition) is 2. The topological polar surface area (TPSA) is 67.4 Å². The van der Waals surface area contributed by atoms with E-state index in [9.17, 15) is 9.59 Å². The minimum atomic E-state index is -0.755. The van der Waals surface area contributed by atoms with Crippen molar-refractivity contribution in [1.29, 1.82) is 0 Å². The number of nitrogens with one attached hydrogen (secondary N) is 2. The Bertz CT molecular complexity index is 722. The molecule has 0 heterocycles. The van der Waals surface area contributed by atoms with Crippen LogP contribution in [-0.4, -0.2) is 17.9 Å². The molecule has 0 aliphatic carbocycles. The summed E-state index contributed by atoms with van der Waals surface area (Å²) in [5.74, 6) is -0.223. The average Bonchev–Trinajstić information content (AvgIpc) is 2.54. The predicted octanol–water partition coefficient (Wildman–Crippen LogP) is 3.26. The van der Waals surface area contributed by atoms with Crippen molar-refractivity contribution in [2.75, 3.05) is 0 Å². The first-order valence-electron chi connectivity index (χ1n) is 7.19. The number of rotatable bonds is 5. The molecule has 0 fully saturated rings. The molecule has 0 aliphatic heterocycles. The van der Waals surface area contributed by atoms with Gasteiger partial charge in [0.15, 0.2) is 6.10 Å². The lowest BCUT2D eigenvalue weighted by Crippen LogP contribution is -2.47. The first-order valence-corrected chi connectivity index (χ1v) is 8.36. The Labute approximate surface area is 153 Å². The maximum Gasteiger partial charge on any atom is 0.279 e. The van der Waals surface area contributed by atoms with Crippen molar-refractivity contribution in [3.63, 3.8) is 0 Å². The van der Waals surface area contributed by atoms with Gasteiger partial charge in [-0.05, 0) is 42.8 Å². The van der Waals surface area contributed by atoms with Gasteiger partial charge in [-0.2, -0.15) is 0 Å². The van der Waals surface area contributed by atoms with Gasteiger partial charge < -0.3 is 4.74 Å². The Hall–Kier alpha value is -2.05. The van der Waals surface area contributed by atoms with Gasteiger partial charge in [-0.25, -0.2) is 0 Å². The molecule has 0 saturated heterocycles. The molecule has 24 heavy (non-hydrogen) atoms. The van der Waals surface area contributed by atoms with E-state index in [-0.39, 0.29) is 12.3 Å². The largest absolute Gasteiger partial charge is 0.481 e. The minimum Gasteiger partial charge on any atom is -0.481 e. The first-order chi connectivity index (χ1) is 11.4. The second-order valence-corrected chi connectivity index (χ2v) is 6.41. The second-order valence-electron chi connectivity index (χ2n) is 5.06. The van der Waals surface area contributed by atoms with Crippen LogP contribution in [0, 0.1) is 0 Å². The van der Waals surface area contributed by atoms with E-state index in [1.165, 1.54) is 0 Å². The Kier molecular flexibility index (Phi) is 6.63. The highest BCUT2D eigenvalue weighted by atomic mass is 79.9. The average molecular weight is 412 g/mol. The molecule has 2 amide bonds. The summed E-state index contributed by atoms with van der Waals surface area (Å²) in [6.45, 7) is 1.60. The van der Waals surface area contributed by atoms with E-state index in [0.717, 1.165) is 10.0 Å².